The van der Waals surface area contributed by atoms with Gasteiger partial charge in [-0.25, -0.2) is 9.48 Å². The number of esters is 1. The highest BCUT2D eigenvalue weighted by atomic mass is 16.5. The Kier molecular flexibility index (Phi) is 4.87. The van der Waals surface area contributed by atoms with Gasteiger partial charge in [-0.15, -0.1) is 0 Å². The molecule has 7 heteroatoms. The molecule has 0 saturated heterocycles. The third-order valence-corrected chi connectivity index (χ3v) is 7.29. The molecule has 7 nitrogen and oxygen atoms in total. The normalized spacial score (nSPS) is 28.8. The van der Waals surface area contributed by atoms with Crippen LogP contribution in [0.4, 0.5) is 0 Å². The minimum absolute atomic E-state index is 0.0616. The van der Waals surface area contributed by atoms with Crippen molar-refractivity contribution < 1.29 is 14.3 Å². The molecule has 0 aliphatic heterocycles. The van der Waals surface area contributed by atoms with Gasteiger partial charge in [-0.2, -0.15) is 5.10 Å². The summed E-state index contributed by atoms with van der Waals surface area (Å²) in [6.45, 7) is 3.33. The van der Waals surface area contributed by atoms with E-state index >= 15 is 0 Å². The van der Waals surface area contributed by atoms with E-state index in [1.165, 1.54) is 23.9 Å². The topological polar surface area (TPSA) is 90.3 Å². The van der Waals surface area contributed by atoms with E-state index in [-0.39, 0.29) is 35.3 Å². The van der Waals surface area contributed by atoms with Crippen molar-refractivity contribution >= 4 is 22.6 Å². The van der Waals surface area contributed by atoms with E-state index in [1.807, 2.05) is 13.8 Å². The second kappa shape index (κ2) is 7.46. The molecule has 4 bridgehead atoms. The van der Waals surface area contributed by atoms with Crippen LogP contribution in [-0.4, -0.2) is 33.8 Å². The SMILES string of the molecule is CC(C)n1nc(C(=O)OCC(=O)NC23CC4CC(CC(C4)C2)C3)c2ccccc2c1=O. The van der Waals surface area contributed by atoms with Crippen LogP contribution >= 0.6 is 0 Å². The number of fused-ring (bicyclic) bond motifs is 1. The van der Waals surface area contributed by atoms with Gasteiger partial charge in [0.25, 0.3) is 11.5 Å². The summed E-state index contributed by atoms with van der Waals surface area (Å²) in [5.41, 5.74) is -0.304. The molecule has 4 aliphatic carbocycles. The van der Waals surface area contributed by atoms with E-state index in [0.29, 0.717) is 10.8 Å². The van der Waals surface area contributed by atoms with E-state index in [2.05, 4.69) is 10.4 Å². The van der Waals surface area contributed by atoms with Crippen molar-refractivity contribution in [2.75, 3.05) is 6.61 Å². The van der Waals surface area contributed by atoms with Gasteiger partial charge in [0, 0.05) is 10.9 Å². The molecule has 1 amide bonds. The summed E-state index contributed by atoms with van der Waals surface area (Å²) in [5.74, 6) is 1.23. The van der Waals surface area contributed by atoms with Crippen molar-refractivity contribution in [3.05, 3.63) is 40.3 Å². The number of hydrogen-bond donors (Lipinski definition) is 1. The van der Waals surface area contributed by atoms with Crippen molar-refractivity contribution in [3.8, 4) is 0 Å². The molecule has 1 N–H and O–H groups in total. The zero-order valence-corrected chi connectivity index (χ0v) is 18.1. The summed E-state index contributed by atoms with van der Waals surface area (Å²) < 4.78 is 6.64. The molecule has 0 unspecified atom stereocenters. The number of aromatic nitrogens is 2. The lowest BCUT2D eigenvalue weighted by Gasteiger charge is -2.56. The van der Waals surface area contributed by atoms with Gasteiger partial charge in [0.2, 0.25) is 0 Å². The Labute approximate surface area is 181 Å². The Morgan fingerprint density at radius 1 is 1.10 bits per heavy atom. The molecule has 31 heavy (non-hydrogen) atoms. The number of ether oxygens (including phenoxy) is 1. The lowest BCUT2D eigenvalue weighted by atomic mass is 9.53. The quantitative estimate of drug-likeness (QED) is 0.746. The zero-order chi connectivity index (χ0) is 21.8. The lowest BCUT2D eigenvalue weighted by Crippen LogP contribution is -2.60. The second-order valence-corrected chi connectivity index (χ2v) is 10.1. The average Bonchev–Trinajstić information content (AvgIpc) is 2.71. The molecule has 1 aromatic heterocycles. The average molecular weight is 424 g/mol. The summed E-state index contributed by atoms with van der Waals surface area (Å²) in [4.78, 5) is 38.2. The van der Waals surface area contributed by atoms with E-state index in [4.69, 9.17) is 4.74 Å². The maximum Gasteiger partial charge on any atom is 0.359 e. The Morgan fingerprint density at radius 3 is 2.26 bits per heavy atom. The molecule has 1 heterocycles. The van der Waals surface area contributed by atoms with Gasteiger partial charge in [0.1, 0.15) is 0 Å². The molecular weight excluding hydrogens is 394 g/mol. The summed E-state index contributed by atoms with van der Waals surface area (Å²) >= 11 is 0. The Morgan fingerprint density at radius 2 is 1.68 bits per heavy atom. The molecule has 2 aromatic rings. The van der Waals surface area contributed by atoms with Crippen LogP contribution in [0, 0.1) is 17.8 Å². The number of amides is 1. The van der Waals surface area contributed by atoms with Crippen molar-refractivity contribution in [2.24, 2.45) is 17.8 Å². The van der Waals surface area contributed by atoms with Crippen molar-refractivity contribution in [1.29, 1.82) is 0 Å². The summed E-state index contributed by atoms with van der Waals surface area (Å²) in [6.07, 6.45) is 7.04. The van der Waals surface area contributed by atoms with Gasteiger partial charge in [0.15, 0.2) is 12.3 Å². The van der Waals surface area contributed by atoms with E-state index in [1.54, 1.807) is 24.3 Å². The van der Waals surface area contributed by atoms with E-state index in [9.17, 15) is 14.4 Å². The first-order valence-electron chi connectivity index (χ1n) is 11.3. The molecule has 6 rings (SSSR count). The van der Waals surface area contributed by atoms with Crippen LogP contribution < -0.4 is 10.9 Å². The van der Waals surface area contributed by atoms with Gasteiger partial charge in [-0.1, -0.05) is 18.2 Å². The molecule has 4 fully saturated rings. The standard InChI is InChI=1S/C24H29N3O4/c1-14(2)27-22(29)19-6-4-3-5-18(19)21(26-27)23(30)31-13-20(28)25-24-10-15-7-16(11-24)9-17(8-15)12-24/h3-6,14-17H,7-13H2,1-2H3,(H,25,28). The maximum absolute atomic E-state index is 12.8. The van der Waals surface area contributed by atoms with Crippen LogP contribution in [0.2, 0.25) is 0 Å². The Hall–Kier alpha value is -2.70. The summed E-state index contributed by atoms with van der Waals surface area (Å²) in [5, 5.41) is 8.33. The molecule has 164 valence electrons. The number of nitrogens with zero attached hydrogens (tertiary/aromatic N) is 2. The minimum atomic E-state index is -0.689. The van der Waals surface area contributed by atoms with Crippen LogP contribution in [0.1, 0.15) is 68.9 Å². The lowest BCUT2D eigenvalue weighted by molar-refractivity contribution is -0.130. The molecule has 4 saturated carbocycles. The maximum atomic E-state index is 12.8. The van der Waals surface area contributed by atoms with Crippen molar-refractivity contribution in [1.82, 2.24) is 15.1 Å². The number of hydrogen-bond acceptors (Lipinski definition) is 5. The van der Waals surface area contributed by atoms with Crippen LogP contribution in [0.15, 0.2) is 29.1 Å². The summed E-state index contributed by atoms with van der Waals surface area (Å²) in [6, 6.07) is 6.65. The van der Waals surface area contributed by atoms with Crippen molar-refractivity contribution in [2.45, 2.75) is 64.0 Å². The molecule has 1 aromatic carbocycles. The largest absolute Gasteiger partial charge is 0.451 e. The Bertz CT molecular complexity index is 1070. The van der Waals surface area contributed by atoms with Crippen LogP contribution in [0.25, 0.3) is 10.8 Å². The second-order valence-electron chi connectivity index (χ2n) is 10.1. The highest BCUT2D eigenvalue weighted by Gasteiger charge is 2.51. The fraction of sp³-hybridized carbons (Fsp3) is 0.583. The molecule has 0 spiro atoms. The molecule has 0 radical (unpaired) electrons. The third kappa shape index (κ3) is 3.64. The highest BCUT2D eigenvalue weighted by Crippen LogP contribution is 2.55. The van der Waals surface area contributed by atoms with Gasteiger partial charge in [-0.05, 0) is 76.2 Å². The Balaban J connectivity index is 1.31. The van der Waals surface area contributed by atoms with Crippen LogP contribution in [0.5, 0.6) is 0 Å². The fourth-order valence-electron chi connectivity index (χ4n) is 6.50. The smallest absolute Gasteiger partial charge is 0.359 e. The third-order valence-electron chi connectivity index (χ3n) is 7.29. The molecular formula is C24H29N3O4. The first-order chi connectivity index (χ1) is 14.8. The van der Waals surface area contributed by atoms with Crippen LogP contribution in [0.3, 0.4) is 0 Å². The highest BCUT2D eigenvalue weighted by molar-refractivity contribution is 6.02. The van der Waals surface area contributed by atoms with Gasteiger partial charge in [-0.3, -0.25) is 9.59 Å². The first-order valence-corrected chi connectivity index (χ1v) is 11.3. The first kappa shape index (κ1) is 20.2. The molecule has 0 atom stereocenters. The minimum Gasteiger partial charge on any atom is -0.451 e. The number of carbonyl (C=O) groups is 2. The van der Waals surface area contributed by atoms with Crippen molar-refractivity contribution in [3.63, 3.8) is 0 Å². The number of carbonyl (C=O) groups excluding carboxylic acids is 2. The van der Waals surface area contributed by atoms with Crippen LogP contribution in [-0.2, 0) is 9.53 Å². The van der Waals surface area contributed by atoms with Gasteiger partial charge >= 0.3 is 5.97 Å². The van der Waals surface area contributed by atoms with E-state index in [0.717, 1.165) is 37.0 Å². The number of benzene rings is 1. The van der Waals surface area contributed by atoms with Gasteiger partial charge < -0.3 is 10.1 Å². The summed E-state index contributed by atoms with van der Waals surface area (Å²) in [7, 11) is 0. The van der Waals surface area contributed by atoms with E-state index < -0.39 is 5.97 Å². The number of nitrogens with one attached hydrogen (secondary N) is 1. The molecule has 4 aliphatic rings. The monoisotopic (exact) mass is 423 g/mol. The fourth-order valence-corrected chi connectivity index (χ4v) is 6.50. The predicted molar refractivity (Wildman–Crippen MR) is 116 cm³/mol. The predicted octanol–water partition coefficient (Wildman–Crippen LogP) is 3.22. The van der Waals surface area contributed by atoms with Gasteiger partial charge in [0.05, 0.1) is 11.4 Å². The number of rotatable bonds is 5. The zero-order valence-electron chi connectivity index (χ0n) is 18.1.